The average molecular weight is 405 g/mol. The molecule has 0 saturated carbocycles. The van der Waals surface area contributed by atoms with Crippen LogP contribution in [0.4, 0.5) is 10.3 Å². The normalized spacial score (nSPS) is 21.0. The van der Waals surface area contributed by atoms with E-state index in [1.54, 1.807) is 12.4 Å². The highest BCUT2D eigenvalue weighted by atomic mass is 79.9. The number of alkyl halides is 1. The van der Waals surface area contributed by atoms with Gasteiger partial charge in [0, 0.05) is 25.5 Å². The molecule has 0 bridgehead atoms. The van der Waals surface area contributed by atoms with Crippen molar-refractivity contribution in [2.75, 3.05) is 18.0 Å². The molecule has 1 unspecified atom stereocenters. The second-order valence-corrected chi connectivity index (χ2v) is 7.13. The van der Waals surface area contributed by atoms with E-state index < -0.39 is 12.2 Å². The number of para-hydroxylation sites is 2. The number of imidazole rings is 1. The van der Waals surface area contributed by atoms with Gasteiger partial charge in [0.1, 0.15) is 12.0 Å². The van der Waals surface area contributed by atoms with Gasteiger partial charge in [0.05, 0.1) is 28.1 Å². The molecule has 1 aromatic carbocycles. The van der Waals surface area contributed by atoms with E-state index in [4.69, 9.17) is 10.7 Å². The van der Waals surface area contributed by atoms with E-state index in [1.165, 1.54) is 0 Å². The molecule has 2 atom stereocenters. The third-order valence-corrected chi connectivity index (χ3v) is 4.87. The van der Waals surface area contributed by atoms with Crippen LogP contribution < -0.4 is 10.6 Å². The standard InChI is InChI=1S/C17H18BrFN6/c18-11-7-21-16(22-8-11)10-25-15-4-2-1-3-14(15)23-17(25)24-6-5-12(19)13(20)9-24/h1-4,7-8,12-13H,5-6,9-10,20H2/t12?,13-/m1/s1. The zero-order chi connectivity index (χ0) is 17.4. The minimum Gasteiger partial charge on any atom is -0.340 e. The topological polar surface area (TPSA) is 72.9 Å². The Kier molecular flexibility index (Phi) is 4.39. The molecule has 0 spiro atoms. The summed E-state index contributed by atoms with van der Waals surface area (Å²) in [4.78, 5) is 15.5. The summed E-state index contributed by atoms with van der Waals surface area (Å²) in [5.41, 5.74) is 7.83. The molecule has 25 heavy (non-hydrogen) atoms. The van der Waals surface area contributed by atoms with Crippen molar-refractivity contribution in [1.29, 1.82) is 0 Å². The summed E-state index contributed by atoms with van der Waals surface area (Å²) < 4.78 is 16.7. The van der Waals surface area contributed by atoms with Gasteiger partial charge in [0.15, 0.2) is 0 Å². The van der Waals surface area contributed by atoms with Crippen LogP contribution >= 0.6 is 15.9 Å². The lowest BCUT2D eigenvalue weighted by Crippen LogP contribution is -2.50. The Labute approximate surface area is 153 Å². The highest BCUT2D eigenvalue weighted by Crippen LogP contribution is 2.26. The molecular weight excluding hydrogens is 387 g/mol. The summed E-state index contributed by atoms with van der Waals surface area (Å²) in [5.74, 6) is 1.48. The molecule has 2 aromatic heterocycles. The number of nitrogens with zero attached hydrogens (tertiary/aromatic N) is 5. The van der Waals surface area contributed by atoms with Crippen LogP contribution in [-0.2, 0) is 6.54 Å². The van der Waals surface area contributed by atoms with Crippen molar-refractivity contribution in [2.45, 2.75) is 25.2 Å². The molecule has 2 N–H and O–H groups in total. The average Bonchev–Trinajstić information content (AvgIpc) is 2.98. The van der Waals surface area contributed by atoms with Gasteiger partial charge in [0.25, 0.3) is 0 Å². The van der Waals surface area contributed by atoms with Crippen LogP contribution in [0.25, 0.3) is 11.0 Å². The Morgan fingerprint density at radius 1 is 1.24 bits per heavy atom. The van der Waals surface area contributed by atoms with Crippen molar-refractivity contribution < 1.29 is 4.39 Å². The molecule has 4 rings (SSSR count). The van der Waals surface area contributed by atoms with E-state index in [0.29, 0.717) is 31.9 Å². The summed E-state index contributed by atoms with van der Waals surface area (Å²) in [6, 6.07) is 7.43. The third kappa shape index (κ3) is 3.23. The lowest BCUT2D eigenvalue weighted by Gasteiger charge is -2.34. The van der Waals surface area contributed by atoms with Crippen molar-refractivity contribution in [3.63, 3.8) is 0 Å². The van der Waals surface area contributed by atoms with Gasteiger partial charge in [-0.15, -0.1) is 0 Å². The first kappa shape index (κ1) is 16.4. The third-order valence-electron chi connectivity index (χ3n) is 4.46. The molecule has 6 nitrogen and oxygen atoms in total. The van der Waals surface area contributed by atoms with Gasteiger partial charge in [-0.25, -0.2) is 19.3 Å². The monoisotopic (exact) mass is 404 g/mol. The SMILES string of the molecule is N[C@@H]1CN(c2nc3ccccc3n2Cc2ncc(Br)cn2)CCC1F. The second-order valence-electron chi connectivity index (χ2n) is 6.22. The Morgan fingerprint density at radius 3 is 2.76 bits per heavy atom. The number of hydrogen-bond acceptors (Lipinski definition) is 5. The maximum Gasteiger partial charge on any atom is 0.207 e. The van der Waals surface area contributed by atoms with Crippen LogP contribution in [0.5, 0.6) is 0 Å². The number of rotatable bonds is 3. The zero-order valence-corrected chi connectivity index (χ0v) is 15.1. The number of anilines is 1. The molecule has 1 saturated heterocycles. The number of hydrogen-bond donors (Lipinski definition) is 1. The van der Waals surface area contributed by atoms with Gasteiger partial charge >= 0.3 is 0 Å². The number of piperidine rings is 1. The second kappa shape index (κ2) is 6.68. The molecule has 8 heteroatoms. The summed E-state index contributed by atoms with van der Waals surface area (Å²) >= 11 is 3.35. The summed E-state index contributed by atoms with van der Waals surface area (Å²) in [5, 5.41) is 0. The number of nitrogens with two attached hydrogens (primary N) is 1. The molecule has 0 aliphatic carbocycles. The highest BCUT2D eigenvalue weighted by molar-refractivity contribution is 9.10. The fraction of sp³-hybridized carbons (Fsp3) is 0.353. The first-order valence-electron chi connectivity index (χ1n) is 8.18. The zero-order valence-electron chi connectivity index (χ0n) is 13.5. The number of benzene rings is 1. The van der Waals surface area contributed by atoms with Gasteiger partial charge in [-0.1, -0.05) is 12.1 Å². The number of halogens is 2. The first-order chi connectivity index (χ1) is 12.1. The Bertz CT molecular complexity index is 880. The molecule has 3 aromatic rings. The highest BCUT2D eigenvalue weighted by Gasteiger charge is 2.29. The van der Waals surface area contributed by atoms with E-state index in [0.717, 1.165) is 21.5 Å². The van der Waals surface area contributed by atoms with Gasteiger partial charge in [-0.3, -0.25) is 0 Å². The van der Waals surface area contributed by atoms with Crippen molar-refractivity contribution in [3.05, 3.63) is 47.0 Å². The van der Waals surface area contributed by atoms with Crippen LogP contribution in [0.1, 0.15) is 12.2 Å². The maximum atomic E-state index is 13.8. The summed E-state index contributed by atoms with van der Waals surface area (Å²) in [6.45, 7) is 1.54. The van der Waals surface area contributed by atoms with Crippen LogP contribution in [0.2, 0.25) is 0 Å². The maximum absolute atomic E-state index is 13.8. The number of aromatic nitrogens is 4. The van der Waals surface area contributed by atoms with Crippen LogP contribution in [-0.4, -0.2) is 44.8 Å². The molecule has 1 fully saturated rings. The fourth-order valence-corrected chi connectivity index (χ4v) is 3.36. The molecule has 0 radical (unpaired) electrons. The molecule has 1 aliphatic heterocycles. The van der Waals surface area contributed by atoms with Crippen molar-refractivity contribution in [3.8, 4) is 0 Å². The van der Waals surface area contributed by atoms with Gasteiger partial charge in [-0.05, 0) is 34.5 Å². The van der Waals surface area contributed by atoms with E-state index >= 15 is 0 Å². The van der Waals surface area contributed by atoms with E-state index in [-0.39, 0.29) is 0 Å². The van der Waals surface area contributed by atoms with Crippen LogP contribution in [0, 0.1) is 0 Å². The molecular formula is C17H18BrFN6. The minimum absolute atomic E-state index is 0.416. The van der Waals surface area contributed by atoms with E-state index in [2.05, 4.69) is 35.4 Å². The molecule has 0 amide bonds. The fourth-order valence-electron chi connectivity index (χ4n) is 3.16. The predicted octanol–water partition coefficient (Wildman–Crippen LogP) is 2.51. The molecule has 130 valence electrons. The quantitative estimate of drug-likeness (QED) is 0.725. The van der Waals surface area contributed by atoms with Gasteiger partial charge in [0.2, 0.25) is 5.95 Å². The van der Waals surface area contributed by atoms with Crippen LogP contribution in [0.15, 0.2) is 41.1 Å². The lowest BCUT2D eigenvalue weighted by molar-refractivity contribution is 0.243. The van der Waals surface area contributed by atoms with E-state index in [1.807, 2.05) is 24.3 Å². The summed E-state index contributed by atoms with van der Waals surface area (Å²) in [7, 11) is 0. The van der Waals surface area contributed by atoms with E-state index in [9.17, 15) is 4.39 Å². The lowest BCUT2D eigenvalue weighted by atomic mass is 10.1. The molecule has 3 heterocycles. The van der Waals surface area contributed by atoms with Crippen molar-refractivity contribution >= 4 is 32.9 Å². The minimum atomic E-state index is -0.955. The van der Waals surface area contributed by atoms with Gasteiger partial charge in [-0.2, -0.15) is 0 Å². The summed E-state index contributed by atoms with van der Waals surface area (Å²) in [6.07, 6.45) is 2.92. The Hall–Kier alpha value is -2.06. The molecule has 1 aliphatic rings. The number of fused-ring (bicyclic) bond motifs is 1. The van der Waals surface area contributed by atoms with Crippen molar-refractivity contribution in [2.24, 2.45) is 5.73 Å². The predicted molar refractivity (Wildman–Crippen MR) is 98.3 cm³/mol. The van der Waals surface area contributed by atoms with Crippen molar-refractivity contribution in [1.82, 2.24) is 19.5 Å². The first-order valence-corrected chi connectivity index (χ1v) is 8.97. The Balaban J connectivity index is 1.74. The Morgan fingerprint density at radius 2 is 2.00 bits per heavy atom. The van der Waals surface area contributed by atoms with Crippen LogP contribution in [0.3, 0.4) is 0 Å². The van der Waals surface area contributed by atoms with Gasteiger partial charge < -0.3 is 15.2 Å². The smallest absolute Gasteiger partial charge is 0.207 e. The largest absolute Gasteiger partial charge is 0.340 e.